The first-order chi connectivity index (χ1) is 13.4. The number of aromatic hydroxyl groups is 1. The number of hydrogen-bond acceptors (Lipinski definition) is 5. The fourth-order valence-electron chi connectivity index (χ4n) is 4.45. The molecule has 0 radical (unpaired) electrons. The number of likely N-dealkylation sites (tertiary alicyclic amines) is 1. The molecule has 2 aliphatic rings. The van der Waals surface area contributed by atoms with Crippen LogP contribution in [0.1, 0.15) is 30.4 Å². The molecule has 0 aromatic heterocycles. The molecule has 1 saturated heterocycles. The summed E-state index contributed by atoms with van der Waals surface area (Å²) in [5.74, 6) is 0.0642. The van der Waals surface area contributed by atoms with Gasteiger partial charge in [-0.3, -0.25) is 0 Å². The lowest BCUT2D eigenvalue weighted by Crippen LogP contribution is -2.39. The minimum absolute atomic E-state index is 0.0642. The minimum atomic E-state index is -3.40. The van der Waals surface area contributed by atoms with Crippen LogP contribution in [-0.2, 0) is 22.7 Å². The molecule has 5 nitrogen and oxygen atoms in total. The molecule has 0 saturated carbocycles. The maximum atomic E-state index is 12.8. The van der Waals surface area contributed by atoms with Crippen LogP contribution in [-0.4, -0.2) is 54.0 Å². The van der Waals surface area contributed by atoms with Crippen molar-refractivity contribution in [1.29, 1.82) is 0 Å². The van der Waals surface area contributed by atoms with Crippen LogP contribution >= 0.6 is 0 Å². The van der Waals surface area contributed by atoms with Gasteiger partial charge in [-0.2, -0.15) is 0 Å². The van der Waals surface area contributed by atoms with Crippen LogP contribution in [0.15, 0.2) is 53.4 Å². The zero-order valence-corrected chi connectivity index (χ0v) is 16.7. The number of aliphatic hydroxyl groups is 1. The lowest BCUT2D eigenvalue weighted by Gasteiger charge is -2.35. The molecule has 28 heavy (non-hydrogen) atoms. The van der Waals surface area contributed by atoms with Crippen LogP contribution in [0.4, 0.5) is 0 Å². The number of benzene rings is 2. The highest BCUT2D eigenvalue weighted by atomic mass is 32.2. The number of fused-ring (bicyclic) bond motifs is 1. The summed E-state index contributed by atoms with van der Waals surface area (Å²) < 4.78 is 25.7. The van der Waals surface area contributed by atoms with Gasteiger partial charge in [0.25, 0.3) is 0 Å². The monoisotopic (exact) mass is 401 g/mol. The number of phenolic OH excluding ortho intramolecular Hbond substituents is 1. The molecule has 2 aromatic rings. The van der Waals surface area contributed by atoms with Gasteiger partial charge in [0.15, 0.2) is 9.84 Å². The van der Waals surface area contributed by atoms with E-state index in [1.165, 1.54) is 35.4 Å². The summed E-state index contributed by atoms with van der Waals surface area (Å²) >= 11 is 0. The maximum absolute atomic E-state index is 12.8. The second-order valence-electron chi connectivity index (χ2n) is 8.17. The van der Waals surface area contributed by atoms with Gasteiger partial charge in [0.1, 0.15) is 5.75 Å². The lowest BCUT2D eigenvalue weighted by molar-refractivity contribution is 0.0105. The minimum Gasteiger partial charge on any atom is -0.508 e. The van der Waals surface area contributed by atoms with Gasteiger partial charge < -0.3 is 15.1 Å². The lowest BCUT2D eigenvalue weighted by atomic mass is 9.78. The normalized spacial score (nSPS) is 25.5. The molecule has 1 heterocycles. The summed E-state index contributed by atoms with van der Waals surface area (Å²) in [5.41, 5.74) is 1.85. The predicted octanol–water partition coefficient (Wildman–Crippen LogP) is 2.55. The Balaban J connectivity index is 1.36. The second-order valence-corrected chi connectivity index (χ2v) is 10.4. The molecule has 2 atom stereocenters. The van der Waals surface area contributed by atoms with Crippen LogP contribution < -0.4 is 0 Å². The standard InChI is InChI=1S/C22H27NO4S/c24-19-5-7-20(8-6-19)28(26,27)21-10-13-23(16-21)14-12-22(25)11-9-17-3-1-2-4-18(17)15-22/h1-8,21,24-25H,9-16H2. The van der Waals surface area contributed by atoms with E-state index in [9.17, 15) is 18.6 Å². The van der Waals surface area contributed by atoms with E-state index in [4.69, 9.17) is 0 Å². The van der Waals surface area contributed by atoms with Crippen molar-refractivity contribution in [2.75, 3.05) is 19.6 Å². The van der Waals surface area contributed by atoms with E-state index in [2.05, 4.69) is 17.0 Å². The van der Waals surface area contributed by atoms with E-state index < -0.39 is 20.7 Å². The third-order valence-electron chi connectivity index (χ3n) is 6.22. The third kappa shape index (κ3) is 3.95. The summed E-state index contributed by atoms with van der Waals surface area (Å²) in [4.78, 5) is 2.42. The Morgan fingerprint density at radius 1 is 1.07 bits per heavy atom. The van der Waals surface area contributed by atoms with Gasteiger partial charge in [0, 0.05) is 19.5 Å². The van der Waals surface area contributed by atoms with Crippen LogP contribution in [0.3, 0.4) is 0 Å². The van der Waals surface area contributed by atoms with Crippen LogP contribution in [0.2, 0.25) is 0 Å². The van der Waals surface area contributed by atoms with E-state index in [1.54, 1.807) is 0 Å². The summed E-state index contributed by atoms with van der Waals surface area (Å²) in [6, 6.07) is 14.0. The highest BCUT2D eigenvalue weighted by Crippen LogP contribution is 2.32. The Morgan fingerprint density at radius 3 is 2.54 bits per heavy atom. The summed E-state index contributed by atoms with van der Waals surface area (Å²) in [6.07, 6.45) is 3.58. The van der Waals surface area contributed by atoms with Crippen LogP contribution in [0.25, 0.3) is 0 Å². The Hall–Kier alpha value is -1.89. The number of nitrogens with zero attached hydrogens (tertiary/aromatic N) is 1. The summed E-state index contributed by atoms with van der Waals surface area (Å²) in [6.45, 7) is 1.94. The Labute approximate surface area is 166 Å². The molecule has 150 valence electrons. The van der Waals surface area contributed by atoms with Crippen LogP contribution in [0, 0.1) is 0 Å². The van der Waals surface area contributed by atoms with Gasteiger partial charge in [-0.25, -0.2) is 8.42 Å². The highest BCUT2D eigenvalue weighted by molar-refractivity contribution is 7.92. The van der Waals surface area contributed by atoms with Gasteiger partial charge in [-0.15, -0.1) is 0 Å². The van der Waals surface area contributed by atoms with Crippen LogP contribution in [0.5, 0.6) is 5.75 Å². The van der Waals surface area contributed by atoms with Gasteiger partial charge in [-0.1, -0.05) is 24.3 Å². The fourth-order valence-corrected chi connectivity index (χ4v) is 6.17. The largest absolute Gasteiger partial charge is 0.508 e. The molecule has 0 bridgehead atoms. The molecule has 4 rings (SSSR count). The number of hydrogen-bond donors (Lipinski definition) is 2. The zero-order valence-electron chi connectivity index (χ0n) is 15.9. The Morgan fingerprint density at radius 2 is 1.79 bits per heavy atom. The van der Waals surface area contributed by atoms with Crippen molar-refractivity contribution in [2.45, 2.75) is 47.9 Å². The van der Waals surface area contributed by atoms with Gasteiger partial charge in [0.05, 0.1) is 15.7 Å². The Kier molecular flexibility index (Phi) is 5.21. The molecule has 0 amide bonds. The molecule has 1 aliphatic carbocycles. The first kappa shape index (κ1) is 19.4. The van der Waals surface area contributed by atoms with Crippen molar-refractivity contribution in [3.05, 3.63) is 59.7 Å². The molecule has 2 N–H and O–H groups in total. The molecular formula is C22H27NO4S. The molecule has 1 aliphatic heterocycles. The van der Waals surface area contributed by atoms with Gasteiger partial charge >= 0.3 is 0 Å². The quantitative estimate of drug-likeness (QED) is 0.805. The molecule has 0 spiro atoms. The topological polar surface area (TPSA) is 77.8 Å². The molecule has 6 heteroatoms. The SMILES string of the molecule is O=S(=O)(c1ccc(O)cc1)C1CCN(CCC2(O)CCc3ccccc3C2)C1. The third-order valence-corrected chi connectivity index (χ3v) is 8.42. The molecule has 2 unspecified atom stereocenters. The fraction of sp³-hybridized carbons (Fsp3) is 0.455. The van der Waals surface area contributed by atoms with E-state index in [-0.39, 0.29) is 10.6 Å². The van der Waals surface area contributed by atoms with E-state index in [0.29, 0.717) is 32.4 Å². The van der Waals surface area contributed by atoms with Crippen molar-refractivity contribution in [1.82, 2.24) is 4.90 Å². The average molecular weight is 402 g/mol. The number of sulfone groups is 1. The van der Waals surface area contributed by atoms with Crippen molar-refractivity contribution >= 4 is 9.84 Å². The molecular weight excluding hydrogens is 374 g/mol. The zero-order chi connectivity index (χ0) is 19.8. The van der Waals surface area contributed by atoms with E-state index in [1.807, 2.05) is 12.1 Å². The average Bonchev–Trinajstić information content (AvgIpc) is 3.17. The van der Waals surface area contributed by atoms with Crippen molar-refractivity contribution in [3.63, 3.8) is 0 Å². The molecule has 1 fully saturated rings. The van der Waals surface area contributed by atoms with Crippen molar-refractivity contribution in [2.24, 2.45) is 0 Å². The number of aryl methyl sites for hydroxylation is 1. The summed E-state index contributed by atoms with van der Waals surface area (Å²) in [7, 11) is -3.40. The van der Waals surface area contributed by atoms with Crippen molar-refractivity contribution in [3.8, 4) is 5.75 Å². The van der Waals surface area contributed by atoms with Crippen molar-refractivity contribution < 1.29 is 18.6 Å². The van der Waals surface area contributed by atoms with E-state index in [0.717, 1.165) is 19.4 Å². The first-order valence-electron chi connectivity index (χ1n) is 9.90. The van der Waals surface area contributed by atoms with E-state index >= 15 is 0 Å². The molecule has 2 aromatic carbocycles. The smallest absolute Gasteiger partial charge is 0.182 e. The summed E-state index contributed by atoms with van der Waals surface area (Å²) in [5, 5.41) is 20.0. The first-order valence-corrected chi connectivity index (χ1v) is 11.4. The highest BCUT2D eigenvalue weighted by Gasteiger charge is 2.36. The number of phenols is 1. The second kappa shape index (κ2) is 7.50. The maximum Gasteiger partial charge on any atom is 0.182 e. The number of rotatable bonds is 5. The Bertz CT molecular complexity index is 941. The van der Waals surface area contributed by atoms with Gasteiger partial charge in [0.2, 0.25) is 0 Å². The predicted molar refractivity (Wildman–Crippen MR) is 108 cm³/mol. The van der Waals surface area contributed by atoms with Gasteiger partial charge in [-0.05, 0) is 67.6 Å².